The van der Waals surface area contributed by atoms with Crippen molar-refractivity contribution in [3.05, 3.63) is 38.2 Å². The standard InChI is InChI=1S/C9H9N3O2/c1-4-3-6-7(10-5(4)2)11-9(14)12-8(6)13/h3H,1-2H3,(H2,10,11,12,13,14). The first kappa shape index (κ1) is 8.68. The van der Waals surface area contributed by atoms with Crippen LogP contribution in [0, 0.1) is 13.8 Å². The van der Waals surface area contributed by atoms with Gasteiger partial charge in [0.05, 0.1) is 5.39 Å². The molecule has 5 nitrogen and oxygen atoms in total. The lowest BCUT2D eigenvalue weighted by Crippen LogP contribution is -2.22. The van der Waals surface area contributed by atoms with Gasteiger partial charge in [-0.05, 0) is 25.5 Å². The fourth-order valence-electron chi connectivity index (χ4n) is 1.28. The molecule has 0 aromatic carbocycles. The maximum absolute atomic E-state index is 11.3. The van der Waals surface area contributed by atoms with Crippen LogP contribution in [0.15, 0.2) is 15.7 Å². The highest BCUT2D eigenvalue weighted by atomic mass is 16.2. The van der Waals surface area contributed by atoms with Gasteiger partial charge in [0.2, 0.25) is 0 Å². The molecule has 0 spiro atoms. The van der Waals surface area contributed by atoms with Crippen LogP contribution < -0.4 is 11.2 Å². The number of H-pyrrole nitrogens is 2. The number of nitrogens with zero attached hydrogens (tertiary/aromatic N) is 1. The van der Waals surface area contributed by atoms with Gasteiger partial charge in [0.15, 0.2) is 0 Å². The van der Waals surface area contributed by atoms with Crippen molar-refractivity contribution in [2.24, 2.45) is 0 Å². The summed E-state index contributed by atoms with van der Waals surface area (Å²) in [6, 6.07) is 1.71. The van der Waals surface area contributed by atoms with Crippen molar-refractivity contribution in [3.8, 4) is 0 Å². The van der Waals surface area contributed by atoms with Crippen molar-refractivity contribution in [1.82, 2.24) is 15.0 Å². The molecular formula is C9H9N3O2. The fourth-order valence-corrected chi connectivity index (χ4v) is 1.28. The number of aromatic amines is 2. The monoisotopic (exact) mass is 191 g/mol. The fraction of sp³-hybridized carbons (Fsp3) is 0.222. The van der Waals surface area contributed by atoms with Crippen molar-refractivity contribution < 1.29 is 0 Å². The number of hydrogen-bond donors (Lipinski definition) is 2. The van der Waals surface area contributed by atoms with E-state index in [1.807, 2.05) is 13.8 Å². The van der Waals surface area contributed by atoms with Gasteiger partial charge >= 0.3 is 5.69 Å². The molecule has 0 saturated carbocycles. The quantitative estimate of drug-likeness (QED) is 0.625. The predicted molar refractivity (Wildman–Crippen MR) is 52.5 cm³/mol. The zero-order valence-electron chi connectivity index (χ0n) is 7.84. The third kappa shape index (κ3) is 1.22. The van der Waals surface area contributed by atoms with Crippen molar-refractivity contribution in [1.29, 1.82) is 0 Å². The van der Waals surface area contributed by atoms with Crippen LogP contribution in [0.4, 0.5) is 0 Å². The highest BCUT2D eigenvalue weighted by Crippen LogP contribution is 2.08. The van der Waals surface area contributed by atoms with E-state index in [0.29, 0.717) is 11.0 Å². The number of fused-ring (bicyclic) bond motifs is 1. The lowest BCUT2D eigenvalue weighted by Gasteiger charge is -2.00. The zero-order valence-corrected chi connectivity index (χ0v) is 7.84. The van der Waals surface area contributed by atoms with E-state index in [1.54, 1.807) is 6.07 Å². The van der Waals surface area contributed by atoms with E-state index in [-0.39, 0.29) is 0 Å². The van der Waals surface area contributed by atoms with Crippen molar-refractivity contribution in [3.63, 3.8) is 0 Å². The first-order valence-corrected chi connectivity index (χ1v) is 4.18. The third-order valence-corrected chi connectivity index (χ3v) is 2.17. The molecule has 0 aliphatic carbocycles. The predicted octanol–water partition coefficient (Wildman–Crippen LogP) is 0.228. The van der Waals surface area contributed by atoms with Gasteiger partial charge in [0.1, 0.15) is 5.65 Å². The Bertz CT molecular complexity index is 609. The summed E-state index contributed by atoms with van der Waals surface area (Å²) < 4.78 is 0. The number of pyridine rings is 1. The van der Waals surface area contributed by atoms with Crippen LogP contribution in [0.5, 0.6) is 0 Å². The number of aromatic nitrogens is 3. The lowest BCUT2D eigenvalue weighted by atomic mass is 10.2. The molecule has 0 fully saturated rings. The summed E-state index contributed by atoms with van der Waals surface area (Å²) in [5.41, 5.74) is 1.13. The first-order valence-electron chi connectivity index (χ1n) is 4.18. The largest absolute Gasteiger partial charge is 0.327 e. The van der Waals surface area contributed by atoms with E-state index in [1.165, 1.54) is 0 Å². The molecule has 0 saturated heterocycles. The van der Waals surface area contributed by atoms with Gasteiger partial charge in [-0.2, -0.15) is 0 Å². The molecule has 2 aromatic rings. The Morgan fingerprint density at radius 2 is 1.93 bits per heavy atom. The number of aryl methyl sites for hydroxylation is 2. The maximum Gasteiger partial charge on any atom is 0.327 e. The van der Waals surface area contributed by atoms with Gasteiger partial charge in [-0.15, -0.1) is 0 Å². The molecular weight excluding hydrogens is 182 g/mol. The minimum atomic E-state index is -0.529. The van der Waals surface area contributed by atoms with Crippen LogP contribution in [0.3, 0.4) is 0 Å². The molecule has 14 heavy (non-hydrogen) atoms. The molecule has 2 N–H and O–H groups in total. The Morgan fingerprint density at radius 1 is 1.21 bits per heavy atom. The van der Waals surface area contributed by atoms with Crippen LogP contribution in [0.1, 0.15) is 11.3 Å². The Hall–Kier alpha value is -1.91. The highest BCUT2D eigenvalue weighted by Gasteiger charge is 2.03. The minimum absolute atomic E-state index is 0.335. The minimum Gasteiger partial charge on any atom is -0.291 e. The van der Waals surface area contributed by atoms with Crippen molar-refractivity contribution in [2.45, 2.75) is 13.8 Å². The van der Waals surface area contributed by atoms with Crippen molar-refractivity contribution >= 4 is 11.0 Å². The van der Waals surface area contributed by atoms with Crippen molar-refractivity contribution in [2.75, 3.05) is 0 Å². The van der Waals surface area contributed by atoms with Crippen LogP contribution in [0.2, 0.25) is 0 Å². The van der Waals surface area contributed by atoms with Crippen LogP contribution in [-0.4, -0.2) is 15.0 Å². The average molecular weight is 191 g/mol. The summed E-state index contributed by atoms with van der Waals surface area (Å²) in [7, 11) is 0. The van der Waals surface area contributed by atoms with E-state index in [4.69, 9.17) is 0 Å². The maximum atomic E-state index is 11.3. The normalized spacial score (nSPS) is 10.7. The van der Waals surface area contributed by atoms with Crippen LogP contribution in [0.25, 0.3) is 11.0 Å². The van der Waals surface area contributed by atoms with Gasteiger partial charge < -0.3 is 0 Å². The topological polar surface area (TPSA) is 78.6 Å². The molecule has 0 atom stereocenters. The van der Waals surface area contributed by atoms with Gasteiger partial charge in [-0.25, -0.2) is 9.78 Å². The first-order chi connectivity index (χ1) is 6.58. The Balaban J connectivity index is 3.03. The van der Waals surface area contributed by atoms with Gasteiger partial charge in [0, 0.05) is 5.69 Å². The second-order valence-electron chi connectivity index (χ2n) is 3.20. The van der Waals surface area contributed by atoms with Gasteiger partial charge in [-0.3, -0.25) is 14.8 Å². The SMILES string of the molecule is Cc1cc2c(=O)[nH]c(=O)[nH]c2nc1C. The van der Waals surface area contributed by atoms with E-state index in [2.05, 4.69) is 15.0 Å². The summed E-state index contributed by atoms with van der Waals surface area (Å²) in [5.74, 6) is 0. The average Bonchev–Trinajstić information content (AvgIpc) is 2.08. The van der Waals surface area contributed by atoms with E-state index in [0.717, 1.165) is 11.3 Å². The van der Waals surface area contributed by atoms with E-state index >= 15 is 0 Å². The van der Waals surface area contributed by atoms with Crippen LogP contribution in [-0.2, 0) is 0 Å². The second kappa shape index (κ2) is 2.80. The molecule has 2 aromatic heterocycles. The van der Waals surface area contributed by atoms with Gasteiger partial charge in [0.25, 0.3) is 5.56 Å². The number of nitrogens with one attached hydrogen (secondary N) is 2. The van der Waals surface area contributed by atoms with E-state index < -0.39 is 11.2 Å². The smallest absolute Gasteiger partial charge is 0.291 e. The van der Waals surface area contributed by atoms with Crippen LogP contribution >= 0.6 is 0 Å². The summed E-state index contributed by atoms with van der Waals surface area (Å²) in [6.45, 7) is 3.70. The molecule has 0 unspecified atom stereocenters. The molecule has 0 aliphatic rings. The zero-order chi connectivity index (χ0) is 10.3. The number of hydrogen-bond acceptors (Lipinski definition) is 3. The summed E-state index contributed by atoms with van der Waals surface area (Å²) in [5, 5.41) is 0.410. The van der Waals surface area contributed by atoms with Gasteiger partial charge in [-0.1, -0.05) is 0 Å². The Kier molecular flexibility index (Phi) is 1.73. The molecule has 72 valence electrons. The molecule has 0 aliphatic heterocycles. The molecule has 2 heterocycles. The molecule has 0 radical (unpaired) electrons. The molecule has 0 amide bonds. The Labute approximate surface area is 78.8 Å². The third-order valence-electron chi connectivity index (χ3n) is 2.17. The lowest BCUT2D eigenvalue weighted by molar-refractivity contribution is 1.04. The summed E-state index contributed by atoms with van der Waals surface area (Å²) >= 11 is 0. The highest BCUT2D eigenvalue weighted by molar-refractivity contribution is 5.74. The second-order valence-corrected chi connectivity index (χ2v) is 3.20. The molecule has 0 bridgehead atoms. The molecule has 2 rings (SSSR count). The Morgan fingerprint density at radius 3 is 2.64 bits per heavy atom. The number of rotatable bonds is 0. The molecule has 5 heteroatoms. The summed E-state index contributed by atoms with van der Waals surface area (Å²) in [6.07, 6.45) is 0. The summed E-state index contributed by atoms with van der Waals surface area (Å²) in [4.78, 5) is 31.0. The van der Waals surface area contributed by atoms with E-state index in [9.17, 15) is 9.59 Å².